The van der Waals surface area contributed by atoms with Gasteiger partial charge in [0.15, 0.2) is 0 Å². The van der Waals surface area contributed by atoms with Gasteiger partial charge in [-0.05, 0) is 124 Å². The number of rotatable bonds is 12. The summed E-state index contributed by atoms with van der Waals surface area (Å²) < 4.78 is 0. The van der Waals surface area contributed by atoms with E-state index in [0.717, 1.165) is 77.9 Å². The maximum Gasteiger partial charge on any atom is 0.146 e. The van der Waals surface area contributed by atoms with Gasteiger partial charge in [0.2, 0.25) is 0 Å². The summed E-state index contributed by atoms with van der Waals surface area (Å²) in [6, 6.07) is 36.6. The lowest BCUT2D eigenvalue weighted by atomic mass is 9.74. The molecule has 0 spiro atoms. The van der Waals surface area contributed by atoms with Crippen LogP contribution in [0.2, 0.25) is 33.2 Å². The minimum absolute atomic E-state index is 0.0391. The van der Waals surface area contributed by atoms with Gasteiger partial charge in [0.1, 0.15) is 28.8 Å². The lowest BCUT2D eigenvalue weighted by Crippen LogP contribution is -2.43. The first-order chi connectivity index (χ1) is 34.9. The van der Waals surface area contributed by atoms with Gasteiger partial charge in [-0.2, -0.15) is 0 Å². The minimum atomic E-state index is -1.99. The molecule has 7 rings (SSSR count). The molecule has 6 heteroatoms. The van der Waals surface area contributed by atoms with Crippen LogP contribution in [0, 0.1) is 22.9 Å². The molecule has 2 heterocycles. The maximum absolute atomic E-state index is 4.70. The molecule has 0 saturated carbocycles. The smallest absolute Gasteiger partial charge is 0.146 e. The van der Waals surface area contributed by atoms with Crippen LogP contribution in [0.15, 0.2) is 135 Å². The molecule has 7 aromatic rings. The number of aromatic nitrogens is 4. The Balaban J connectivity index is 1.69. The largest absolute Gasteiger partial charge is 0.244 e. The van der Waals surface area contributed by atoms with Crippen molar-refractivity contribution in [3.05, 3.63) is 157 Å². The third-order valence-electron chi connectivity index (χ3n) is 16.2. The first-order valence-corrected chi connectivity index (χ1v) is 31.6. The summed E-state index contributed by atoms with van der Waals surface area (Å²) in [4.78, 5) is 18.8. The highest BCUT2D eigenvalue weighted by molar-refractivity contribution is 6.91. The second kappa shape index (κ2) is 22.3. The van der Waals surface area contributed by atoms with Gasteiger partial charge in [-0.3, -0.25) is 0 Å². The van der Waals surface area contributed by atoms with Crippen LogP contribution in [0.5, 0.6) is 0 Å². The molecule has 0 aliphatic carbocycles. The Morgan fingerprint density at radius 3 is 0.743 bits per heavy atom. The lowest BCUT2D eigenvalue weighted by Gasteiger charge is -2.38. The molecule has 0 aliphatic heterocycles. The molecular formula is C68H82N4Si2. The molecule has 0 unspecified atom stereocenters. The summed E-state index contributed by atoms with van der Waals surface area (Å²) in [6.45, 7) is 42.2. The molecule has 0 atom stereocenters. The molecule has 0 N–H and O–H groups in total. The number of hydrogen-bond acceptors (Lipinski definition) is 4. The quantitative estimate of drug-likeness (QED) is 0.0904. The Morgan fingerprint density at radius 1 is 0.311 bits per heavy atom. The van der Waals surface area contributed by atoms with E-state index >= 15 is 0 Å². The second-order valence-electron chi connectivity index (χ2n) is 24.6. The Labute approximate surface area is 448 Å². The molecule has 382 valence electrons. The van der Waals surface area contributed by atoms with Gasteiger partial charge in [-0.15, -0.1) is 11.1 Å². The van der Waals surface area contributed by atoms with Gasteiger partial charge in [-0.25, -0.2) is 19.9 Å². The van der Waals surface area contributed by atoms with Gasteiger partial charge >= 0.3 is 0 Å². The van der Waals surface area contributed by atoms with Crippen LogP contribution in [0.25, 0.3) is 66.8 Å². The van der Waals surface area contributed by atoms with Gasteiger partial charge < -0.3 is 0 Å². The first-order valence-electron chi connectivity index (χ1n) is 27.2. The lowest BCUT2D eigenvalue weighted by molar-refractivity contribution is 0.590. The molecule has 0 amide bonds. The summed E-state index contributed by atoms with van der Waals surface area (Å²) in [5.74, 6) is 7.53. The van der Waals surface area contributed by atoms with Crippen LogP contribution in [-0.2, 0) is 10.8 Å². The predicted octanol–water partition coefficient (Wildman–Crippen LogP) is 19.0. The Morgan fingerprint density at radius 2 is 0.527 bits per heavy atom. The van der Waals surface area contributed by atoms with Crippen LogP contribution in [0.3, 0.4) is 0 Å². The van der Waals surface area contributed by atoms with Crippen molar-refractivity contribution in [3.8, 4) is 89.7 Å². The molecule has 0 radical (unpaired) electrons. The highest BCUT2D eigenvalue weighted by atomic mass is 28.3. The van der Waals surface area contributed by atoms with Gasteiger partial charge in [0, 0.05) is 58.2 Å². The van der Waals surface area contributed by atoms with Crippen LogP contribution in [0.1, 0.15) is 147 Å². The average molecular weight is 1010 g/mol. The fourth-order valence-corrected chi connectivity index (χ4v) is 22.7. The van der Waals surface area contributed by atoms with E-state index in [1.807, 2.05) is 24.8 Å². The second-order valence-corrected chi connectivity index (χ2v) is 35.8. The predicted molar refractivity (Wildman–Crippen MR) is 323 cm³/mol. The third kappa shape index (κ3) is 11.1. The molecule has 2 aromatic heterocycles. The van der Waals surface area contributed by atoms with E-state index in [0.29, 0.717) is 33.2 Å². The molecule has 74 heavy (non-hydrogen) atoms. The van der Waals surface area contributed by atoms with Crippen LogP contribution in [-0.4, -0.2) is 36.1 Å². The first kappa shape index (κ1) is 55.6. The molecule has 0 bridgehead atoms. The Hall–Kier alpha value is -6.19. The van der Waals surface area contributed by atoms with Crippen molar-refractivity contribution in [2.24, 2.45) is 0 Å². The zero-order chi connectivity index (χ0) is 53.9. The zero-order valence-corrected chi connectivity index (χ0v) is 50.0. The molecular weight excluding hydrogens is 929 g/mol. The highest BCUT2D eigenvalue weighted by Crippen LogP contribution is 2.56. The van der Waals surface area contributed by atoms with Crippen molar-refractivity contribution in [1.82, 2.24) is 19.9 Å². The van der Waals surface area contributed by atoms with E-state index in [4.69, 9.17) is 19.9 Å². The molecule has 0 aliphatic rings. The van der Waals surface area contributed by atoms with Crippen LogP contribution in [0.4, 0.5) is 0 Å². The summed E-state index contributed by atoms with van der Waals surface area (Å²) >= 11 is 0. The van der Waals surface area contributed by atoms with Crippen molar-refractivity contribution in [1.29, 1.82) is 0 Å². The monoisotopic (exact) mass is 1010 g/mol. The molecule has 4 nitrogen and oxygen atoms in total. The van der Waals surface area contributed by atoms with Crippen LogP contribution >= 0.6 is 0 Å². The SMILES string of the molecule is CC(C)[Si](C#Cc1ccc(-c2c(-c3ccc(C#C[Si](C(C)C)(C(C)C)C(C)C)cc3)c(-c3ccc(C(C)(C)C)cc3)c(-c3cncnc3)c(-c3cncnc3)c2-c2ccc(C(C)(C)C)cc2)cc1)(C(C)C)C(C)C. The number of benzene rings is 5. The van der Waals surface area contributed by atoms with Crippen LogP contribution < -0.4 is 0 Å². The van der Waals surface area contributed by atoms with Crippen molar-refractivity contribution in [2.75, 3.05) is 0 Å². The van der Waals surface area contributed by atoms with E-state index < -0.39 is 16.1 Å². The Kier molecular flexibility index (Phi) is 16.8. The van der Waals surface area contributed by atoms with Crippen molar-refractivity contribution in [3.63, 3.8) is 0 Å². The third-order valence-corrected chi connectivity index (χ3v) is 28.8. The van der Waals surface area contributed by atoms with E-state index in [9.17, 15) is 0 Å². The maximum atomic E-state index is 4.70. The fraction of sp³-hybridized carbons (Fsp3) is 0.382. The van der Waals surface area contributed by atoms with E-state index in [-0.39, 0.29) is 10.8 Å². The van der Waals surface area contributed by atoms with E-state index in [1.54, 1.807) is 12.7 Å². The normalized spacial score (nSPS) is 12.4. The Bertz CT molecular complexity index is 2890. The summed E-state index contributed by atoms with van der Waals surface area (Å²) in [5, 5.41) is 0. The summed E-state index contributed by atoms with van der Waals surface area (Å²) in [6.07, 6.45) is 11.0. The summed E-state index contributed by atoms with van der Waals surface area (Å²) in [5.41, 5.74) is 28.3. The highest BCUT2D eigenvalue weighted by Gasteiger charge is 2.43. The fourth-order valence-electron chi connectivity index (χ4n) is 12.3. The minimum Gasteiger partial charge on any atom is -0.244 e. The van der Waals surface area contributed by atoms with Gasteiger partial charge in [0.05, 0.1) is 0 Å². The molecule has 0 fully saturated rings. The van der Waals surface area contributed by atoms with Crippen molar-refractivity contribution < 1.29 is 0 Å². The molecule has 0 saturated heterocycles. The number of nitrogens with zero attached hydrogens (tertiary/aromatic N) is 4. The van der Waals surface area contributed by atoms with E-state index in [2.05, 4.69) is 245 Å². The van der Waals surface area contributed by atoms with E-state index in [1.165, 1.54) is 11.1 Å². The topological polar surface area (TPSA) is 51.6 Å². The average Bonchev–Trinajstić information content (AvgIpc) is 3.36. The van der Waals surface area contributed by atoms with Crippen molar-refractivity contribution >= 4 is 16.1 Å². The molecule has 5 aromatic carbocycles. The van der Waals surface area contributed by atoms with Gasteiger partial charge in [0.25, 0.3) is 0 Å². The van der Waals surface area contributed by atoms with Crippen molar-refractivity contribution in [2.45, 2.75) is 169 Å². The zero-order valence-electron chi connectivity index (χ0n) is 48.0. The summed E-state index contributed by atoms with van der Waals surface area (Å²) in [7, 11) is -3.97. The standard InChI is InChI=1S/C68H82N4Si2/c1-45(2)73(46(3)4,47(5)6)37-35-51-19-23-53(24-20-51)61-62(54-25-21-52(22-26-54)36-38-74(48(7)8,49(9)10)50(11)12)64(56-29-33-60(34-30-56)68(16,17)18)66(58-41-71-44-72-42-58)65(57-39-69-43-70-40-57)63(61)55-27-31-59(32-28-55)67(13,14)15/h19-34,39-50H,1-18H3. The van der Waals surface area contributed by atoms with Gasteiger partial charge in [-0.1, -0.05) is 209 Å². The number of hydrogen-bond donors (Lipinski definition) is 0.